The van der Waals surface area contributed by atoms with Gasteiger partial charge in [-0.05, 0) is 13.0 Å². The van der Waals surface area contributed by atoms with Crippen LogP contribution in [0.1, 0.15) is 6.42 Å². The van der Waals surface area contributed by atoms with Crippen LogP contribution in [0.4, 0.5) is 4.39 Å². The molecule has 0 bridgehead atoms. The molecule has 1 aliphatic heterocycles. The molecule has 0 amide bonds. The van der Waals surface area contributed by atoms with E-state index >= 15 is 0 Å². The van der Waals surface area contributed by atoms with Crippen LogP contribution in [0.2, 0.25) is 0 Å². The smallest absolute Gasteiger partial charge is 0.317 e. The Morgan fingerprint density at radius 3 is 2.91 bits per heavy atom. The Morgan fingerprint density at radius 1 is 1.73 bits per heavy atom. The lowest BCUT2D eigenvalue weighted by Gasteiger charge is -2.10. The number of carboxylic acid groups (broad SMARTS) is 1. The Hall–Kier alpha value is -0.640. The molecule has 3 nitrogen and oxygen atoms in total. The van der Waals surface area contributed by atoms with Crippen molar-refractivity contribution in [3.63, 3.8) is 0 Å². The van der Waals surface area contributed by atoms with Crippen molar-refractivity contribution < 1.29 is 14.3 Å². The van der Waals surface area contributed by atoms with E-state index in [1.165, 1.54) is 0 Å². The van der Waals surface area contributed by atoms with Crippen molar-refractivity contribution >= 4 is 5.97 Å². The molecule has 1 heterocycles. The molecule has 1 saturated heterocycles. The third kappa shape index (κ3) is 2.46. The number of halogens is 1. The Kier molecular flexibility index (Phi) is 2.82. The molecule has 1 rings (SSSR count). The van der Waals surface area contributed by atoms with Crippen LogP contribution in [0.5, 0.6) is 0 Å². The summed E-state index contributed by atoms with van der Waals surface area (Å²) in [5.41, 5.74) is 0. The second kappa shape index (κ2) is 3.67. The van der Waals surface area contributed by atoms with Gasteiger partial charge in [0.1, 0.15) is 0 Å². The molecule has 0 unspecified atom stereocenters. The average Bonchev–Trinajstić information content (AvgIpc) is 2.34. The molecule has 0 aromatic carbocycles. The van der Waals surface area contributed by atoms with Gasteiger partial charge in [0.25, 0.3) is 0 Å². The van der Waals surface area contributed by atoms with Gasteiger partial charge in [0.2, 0.25) is 0 Å². The molecule has 0 spiro atoms. The van der Waals surface area contributed by atoms with Gasteiger partial charge in [-0.2, -0.15) is 0 Å². The van der Waals surface area contributed by atoms with E-state index in [4.69, 9.17) is 5.11 Å². The Bertz CT molecular complexity index is 151. The Morgan fingerprint density at radius 2 is 2.45 bits per heavy atom. The summed E-state index contributed by atoms with van der Waals surface area (Å²) in [6.45, 7) is 1.05. The zero-order valence-corrected chi connectivity index (χ0v) is 6.29. The van der Waals surface area contributed by atoms with Gasteiger partial charge in [-0.25, -0.2) is 0 Å². The van der Waals surface area contributed by atoms with Crippen LogP contribution in [0.25, 0.3) is 0 Å². The molecule has 1 N–H and O–H groups in total. The quantitative estimate of drug-likeness (QED) is 0.649. The molecule has 0 saturated carbocycles. The highest BCUT2D eigenvalue weighted by Gasteiger charge is 2.23. The molecule has 0 radical (unpaired) electrons. The van der Waals surface area contributed by atoms with Crippen LogP contribution >= 0.6 is 0 Å². The fourth-order valence-corrected chi connectivity index (χ4v) is 1.37. The molecule has 0 aromatic rings. The lowest BCUT2D eigenvalue weighted by atomic mass is 10.1. The molecule has 0 aliphatic carbocycles. The summed E-state index contributed by atoms with van der Waals surface area (Å²) in [4.78, 5) is 12.0. The first kappa shape index (κ1) is 8.46. The van der Waals surface area contributed by atoms with Crippen LogP contribution in [0.15, 0.2) is 0 Å². The second-order valence-electron chi connectivity index (χ2n) is 2.94. The number of hydrogen-bond acceptors (Lipinski definition) is 2. The van der Waals surface area contributed by atoms with E-state index in [-0.39, 0.29) is 19.1 Å². The van der Waals surface area contributed by atoms with Crippen molar-refractivity contribution in [3.8, 4) is 0 Å². The fourth-order valence-electron chi connectivity index (χ4n) is 1.37. The molecular formula is C7H12FNO2. The number of hydrogen-bond donors (Lipinski definition) is 1. The van der Waals surface area contributed by atoms with Crippen LogP contribution in [0, 0.1) is 5.92 Å². The monoisotopic (exact) mass is 161 g/mol. The summed E-state index contributed by atoms with van der Waals surface area (Å²) >= 11 is 0. The highest BCUT2D eigenvalue weighted by atomic mass is 19.1. The van der Waals surface area contributed by atoms with Crippen molar-refractivity contribution in [1.29, 1.82) is 0 Å². The maximum Gasteiger partial charge on any atom is 0.317 e. The largest absolute Gasteiger partial charge is 0.480 e. The summed E-state index contributed by atoms with van der Waals surface area (Å²) in [5, 5.41) is 8.40. The Balaban J connectivity index is 2.24. The van der Waals surface area contributed by atoms with Crippen molar-refractivity contribution in [2.24, 2.45) is 5.92 Å². The van der Waals surface area contributed by atoms with Gasteiger partial charge in [-0.3, -0.25) is 14.1 Å². The van der Waals surface area contributed by atoms with E-state index < -0.39 is 5.97 Å². The number of nitrogens with zero attached hydrogens (tertiary/aromatic N) is 1. The van der Waals surface area contributed by atoms with Crippen LogP contribution < -0.4 is 0 Å². The summed E-state index contributed by atoms with van der Waals surface area (Å²) in [5.74, 6) is -0.765. The average molecular weight is 161 g/mol. The highest BCUT2D eigenvalue weighted by molar-refractivity contribution is 5.69. The first-order valence-electron chi connectivity index (χ1n) is 3.72. The predicted molar refractivity (Wildman–Crippen MR) is 38.2 cm³/mol. The second-order valence-corrected chi connectivity index (χ2v) is 2.94. The first-order valence-corrected chi connectivity index (χ1v) is 3.72. The van der Waals surface area contributed by atoms with E-state index in [1.807, 2.05) is 0 Å². The minimum Gasteiger partial charge on any atom is -0.480 e. The SMILES string of the molecule is O=C(O)CN1CC[C@H](CF)C1. The van der Waals surface area contributed by atoms with Crippen molar-refractivity contribution in [1.82, 2.24) is 4.90 Å². The number of carbonyl (C=O) groups is 1. The normalized spacial score (nSPS) is 25.7. The van der Waals surface area contributed by atoms with Gasteiger partial charge >= 0.3 is 5.97 Å². The van der Waals surface area contributed by atoms with E-state index in [2.05, 4.69) is 0 Å². The third-order valence-corrected chi connectivity index (χ3v) is 1.95. The summed E-state index contributed by atoms with van der Waals surface area (Å²) < 4.78 is 12.0. The van der Waals surface area contributed by atoms with Gasteiger partial charge in [-0.1, -0.05) is 0 Å². The molecule has 1 fully saturated rings. The number of aliphatic carboxylic acids is 1. The van der Waals surface area contributed by atoms with Crippen molar-refractivity contribution in [3.05, 3.63) is 0 Å². The number of likely N-dealkylation sites (tertiary alicyclic amines) is 1. The highest BCUT2D eigenvalue weighted by Crippen LogP contribution is 2.15. The number of alkyl halides is 1. The first-order chi connectivity index (χ1) is 5.22. The molecule has 64 valence electrons. The standard InChI is InChI=1S/C7H12FNO2/c8-3-6-1-2-9(4-6)5-7(10)11/h6H,1-5H2,(H,10,11)/t6-/m1/s1. The lowest BCUT2D eigenvalue weighted by molar-refractivity contribution is -0.138. The van der Waals surface area contributed by atoms with Gasteiger partial charge in [0, 0.05) is 12.5 Å². The maximum absolute atomic E-state index is 12.0. The minimum atomic E-state index is -0.829. The van der Waals surface area contributed by atoms with Gasteiger partial charge in [0.15, 0.2) is 0 Å². The van der Waals surface area contributed by atoms with Crippen LogP contribution in [-0.4, -0.2) is 42.3 Å². The van der Waals surface area contributed by atoms with Crippen LogP contribution in [-0.2, 0) is 4.79 Å². The summed E-state index contributed by atoms with van der Waals surface area (Å²) in [7, 11) is 0. The zero-order chi connectivity index (χ0) is 8.27. The molecule has 0 aromatic heterocycles. The van der Waals surface area contributed by atoms with E-state index in [0.717, 1.165) is 13.0 Å². The van der Waals surface area contributed by atoms with Gasteiger partial charge in [0.05, 0.1) is 13.2 Å². The van der Waals surface area contributed by atoms with Crippen molar-refractivity contribution in [2.75, 3.05) is 26.3 Å². The Labute approximate surface area is 64.8 Å². The fraction of sp³-hybridized carbons (Fsp3) is 0.857. The zero-order valence-electron chi connectivity index (χ0n) is 6.29. The summed E-state index contributed by atoms with van der Waals surface area (Å²) in [6, 6.07) is 0. The molecular weight excluding hydrogens is 149 g/mol. The third-order valence-electron chi connectivity index (χ3n) is 1.95. The molecule has 1 aliphatic rings. The van der Waals surface area contributed by atoms with E-state index in [0.29, 0.717) is 6.54 Å². The van der Waals surface area contributed by atoms with E-state index in [1.54, 1.807) is 4.90 Å². The molecule has 11 heavy (non-hydrogen) atoms. The topological polar surface area (TPSA) is 40.5 Å². The maximum atomic E-state index is 12.0. The van der Waals surface area contributed by atoms with Gasteiger partial charge < -0.3 is 5.11 Å². The molecule has 4 heteroatoms. The molecule has 1 atom stereocenters. The summed E-state index contributed by atoms with van der Waals surface area (Å²) in [6.07, 6.45) is 0.795. The predicted octanol–water partition coefficient (Wildman–Crippen LogP) is 0.362. The van der Waals surface area contributed by atoms with E-state index in [9.17, 15) is 9.18 Å². The van der Waals surface area contributed by atoms with Gasteiger partial charge in [-0.15, -0.1) is 0 Å². The van der Waals surface area contributed by atoms with Crippen LogP contribution in [0.3, 0.4) is 0 Å². The lowest BCUT2D eigenvalue weighted by Crippen LogP contribution is -2.27. The number of carboxylic acids is 1. The van der Waals surface area contributed by atoms with Crippen molar-refractivity contribution in [2.45, 2.75) is 6.42 Å². The minimum absolute atomic E-state index is 0.0521. The number of rotatable bonds is 3.